The quantitative estimate of drug-likeness (QED) is 0.652. The number of benzene rings is 1. The second-order valence-corrected chi connectivity index (χ2v) is 12.2. The number of nitrogens with zero attached hydrogens (tertiary/aromatic N) is 3. The zero-order chi connectivity index (χ0) is 23.8. The number of piperidine rings is 1. The van der Waals surface area contributed by atoms with Crippen molar-refractivity contribution in [2.45, 2.75) is 31.8 Å². The van der Waals surface area contributed by atoms with E-state index in [1.165, 1.54) is 4.90 Å². The van der Waals surface area contributed by atoms with Crippen molar-refractivity contribution in [2.75, 3.05) is 68.0 Å². The van der Waals surface area contributed by atoms with Crippen molar-refractivity contribution in [3.8, 4) is 0 Å². The average molecular weight is 483 g/mol. The van der Waals surface area contributed by atoms with Gasteiger partial charge in [-0.1, -0.05) is 13.8 Å². The van der Waals surface area contributed by atoms with Crippen LogP contribution >= 0.6 is 0 Å². The third kappa shape index (κ3) is 4.97. The molecule has 0 aliphatic carbocycles. The molecule has 33 heavy (non-hydrogen) atoms. The predicted molar refractivity (Wildman–Crippen MR) is 127 cm³/mol. The molecule has 184 valence electrons. The van der Waals surface area contributed by atoms with Gasteiger partial charge in [-0.2, -0.15) is 0 Å². The van der Waals surface area contributed by atoms with Gasteiger partial charge in [-0.15, -0.1) is 0 Å². The summed E-state index contributed by atoms with van der Waals surface area (Å²) in [5, 5.41) is 0. The molecule has 4 fully saturated rings. The summed E-state index contributed by atoms with van der Waals surface area (Å²) in [5.41, 5.74) is 4.86. The van der Waals surface area contributed by atoms with Crippen LogP contribution in [0, 0.1) is 11.3 Å². The zero-order valence-electron chi connectivity index (χ0n) is 19.5. The predicted octanol–water partition coefficient (Wildman–Crippen LogP) is 1.26. The molecule has 10 heteroatoms. The van der Waals surface area contributed by atoms with Gasteiger partial charge in [-0.05, 0) is 42.0 Å². The molecule has 1 aromatic carbocycles. The first kappa shape index (κ1) is 24.2. The maximum Gasteiger partial charge on any atom is 0.278 e. The van der Waals surface area contributed by atoms with Gasteiger partial charge < -0.3 is 25.2 Å². The first-order chi connectivity index (χ1) is 15.6. The maximum absolute atomic E-state index is 14.7. The van der Waals surface area contributed by atoms with E-state index in [1.807, 2.05) is 0 Å². The summed E-state index contributed by atoms with van der Waals surface area (Å²) in [5.74, 6) is -1.36. The molecule has 1 unspecified atom stereocenters. The second-order valence-electron chi connectivity index (χ2n) is 10.1. The van der Waals surface area contributed by atoms with E-state index in [2.05, 4.69) is 47.9 Å². The number of carbonyl (C=O) groups excluding carboxylic acids is 1. The molecule has 5 rings (SSSR count). The number of carbonyl (C=O) groups is 1. The lowest BCUT2D eigenvalue weighted by molar-refractivity contribution is -0.133. The molecule has 2 bridgehead atoms. The number of sulfone groups is 1. The first-order valence-corrected chi connectivity index (χ1v) is 13.4. The van der Waals surface area contributed by atoms with E-state index in [4.69, 9.17) is 10.5 Å². The lowest BCUT2D eigenvalue weighted by Gasteiger charge is -2.48. The molecule has 1 amide bonds. The molecular weight excluding hydrogens is 447 g/mol. The summed E-state index contributed by atoms with van der Waals surface area (Å²) < 4.78 is 44.4. The van der Waals surface area contributed by atoms with E-state index in [0.717, 1.165) is 50.6 Å². The lowest BCUT2D eigenvalue weighted by Crippen LogP contribution is -2.54. The van der Waals surface area contributed by atoms with Gasteiger partial charge in [-0.3, -0.25) is 4.79 Å². The number of ether oxygens (including phenoxy) is 1. The Kier molecular flexibility index (Phi) is 6.89. The fourth-order valence-corrected chi connectivity index (χ4v) is 6.53. The third-order valence-electron chi connectivity index (χ3n) is 7.20. The molecule has 0 aromatic heterocycles. The number of rotatable bonds is 6. The van der Waals surface area contributed by atoms with Crippen molar-refractivity contribution in [1.82, 2.24) is 4.90 Å². The minimum atomic E-state index is -4.21. The van der Waals surface area contributed by atoms with Crippen molar-refractivity contribution < 1.29 is 22.3 Å². The van der Waals surface area contributed by atoms with Crippen LogP contribution in [0.1, 0.15) is 20.3 Å². The molecule has 4 aliphatic rings. The Morgan fingerprint density at radius 2 is 1.79 bits per heavy atom. The molecule has 3 atom stereocenters. The SMILES string of the molecule is CC1(C)C[C@@H]2CN(C(=O)C(F)S(=O)(=O)CCN)C[C@H]1N(c1ccc(N3CCOCC3)cc1)C2. The summed E-state index contributed by atoms with van der Waals surface area (Å²) in [6, 6.07) is 8.41. The number of anilines is 2. The van der Waals surface area contributed by atoms with Crippen LogP contribution in [0.25, 0.3) is 0 Å². The van der Waals surface area contributed by atoms with Crippen molar-refractivity contribution in [3.63, 3.8) is 0 Å². The van der Waals surface area contributed by atoms with E-state index in [1.54, 1.807) is 0 Å². The fraction of sp³-hybridized carbons (Fsp3) is 0.696. The Bertz CT molecular complexity index is 950. The molecule has 4 heterocycles. The van der Waals surface area contributed by atoms with Gasteiger partial charge in [0.05, 0.1) is 25.0 Å². The Hall–Kier alpha value is -1.91. The summed E-state index contributed by atoms with van der Waals surface area (Å²) in [6.07, 6.45) is 0.899. The van der Waals surface area contributed by atoms with Crippen molar-refractivity contribution in [1.29, 1.82) is 0 Å². The Labute approximate surface area is 195 Å². The second kappa shape index (κ2) is 9.38. The highest BCUT2D eigenvalue weighted by atomic mass is 32.2. The Morgan fingerprint density at radius 1 is 1.15 bits per heavy atom. The summed E-state index contributed by atoms with van der Waals surface area (Å²) >= 11 is 0. The normalized spacial score (nSPS) is 26.2. The molecule has 0 radical (unpaired) electrons. The van der Waals surface area contributed by atoms with E-state index in [0.29, 0.717) is 13.1 Å². The molecule has 8 nitrogen and oxygen atoms in total. The van der Waals surface area contributed by atoms with Crippen LogP contribution in [0.3, 0.4) is 0 Å². The van der Waals surface area contributed by atoms with Crippen LogP contribution in [-0.4, -0.2) is 89.0 Å². The van der Waals surface area contributed by atoms with Crippen LogP contribution in [0.4, 0.5) is 15.8 Å². The smallest absolute Gasteiger partial charge is 0.278 e. The van der Waals surface area contributed by atoms with Crippen molar-refractivity contribution >= 4 is 27.1 Å². The van der Waals surface area contributed by atoms with Crippen molar-refractivity contribution in [2.24, 2.45) is 17.1 Å². The number of halogens is 1. The van der Waals surface area contributed by atoms with Gasteiger partial charge in [0.2, 0.25) is 0 Å². The first-order valence-electron chi connectivity index (χ1n) is 11.7. The molecule has 1 aromatic rings. The maximum atomic E-state index is 14.7. The zero-order valence-corrected chi connectivity index (χ0v) is 20.3. The van der Waals surface area contributed by atoms with Crippen LogP contribution in [0.2, 0.25) is 0 Å². The van der Waals surface area contributed by atoms with Gasteiger partial charge in [-0.25, -0.2) is 12.8 Å². The fourth-order valence-electron chi connectivity index (χ4n) is 5.54. The Morgan fingerprint density at radius 3 is 2.42 bits per heavy atom. The van der Waals surface area contributed by atoms with Gasteiger partial charge >= 0.3 is 0 Å². The van der Waals surface area contributed by atoms with E-state index in [9.17, 15) is 17.6 Å². The number of alkyl halides is 1. The number of fused-ring (bicyclic) bond motifs is 4. The molecule has 0 spiro atoms. The average Bonchev–Trinajstić information content (AvgIpc) is 3.06. The summed E-state index contributed by atoms with van der Waals surface area (Å²) in [6.45, 7) is 8.74. The van der Waals surface area contributed by atoms with Gasteiger partial charge in [0.25, 0.3) is 11.4 Å². The monoisotopic (exact) mass is 482 g/mol. The highest BCUT2D eigenvalue weighted by molar-refractivity contribution is 7.92. The topological polar surface area (TPSA) is 96.2 Å². The highest BCUT2D eigenvalue weighted by Gasteiger charge is 2.48. The molecular formula is C23H35FN4O4S. The minimum Gasteiger partial charge on any atom is -0.378 e. The number of amides is 1. The molecule has 4 aliphatic heterocycles. The van der Waals surface area contributed by atoms with Crippen molar-refractivity contribution in [3.05, 3.63) is 24.3 Å². The van der Waals surface area contributed by atoms with Gasteiger partial charge in [0.15, 0.2) is 9.84 Å². The Balaban J connectivity index is 1.54. The number of hydrogen-bond acceptors (Lipinski definition) is 7. The summed E-state index contributed by atoms with van der Waals surface area (Å²) in [7, 11) is -4.21. The molecule has 0 saturated carbocycles. The van der Waals surface area contributed by atoms with E-state index >= 15 is 0 Å². The van der Waals surface area contributed by atoms with Crippen LogP contribution in [-0.2, 0) is 19.4 Å². The van der Waals surface area contributed by atoms with E-state index in [-0.39, 0.29) is 23.9 Å². The van der Waals surface area contributed by atoms with E-state index < -0.39 is 27.0 Å². The molecule has 4 saturated heterocycles. The standard InChI is InChI=1S/C23H35FN4O4S/c1-23(2)13-17-14-27(22(29)21(24)33(30,31)12-7-25)16-20(23)28(15-17)19-5-3-18(4-6-19)26-8-10-32-11-9-26/h3-6,17,20-21H,7-16,25H2,1-2H3/t17-,20-,21?/m1/s1. The summed E-state index contributed by atoms with van der Waals surface area (Å²) in [4.78, 5) is 18.9. The lowest BCUT2D eigenvalue weighted by atomic mass is 9.73. The van der Waals surface area contributed by atoms with Crippen LogP contribution < -0.4 is 15.5 Å². The number of morpholine rings is 1. The molecule has 2 N–H and O–H groups in total. The highest BCUT2D eigenvalue weighted by Crippen LogP contribution is 2.43. The number of nitrogens with two attached hydrogens (primary N) is 1. The van der Waals surface area contributed by atoms with Gasteiger partial charge in [0.1, 0.15) is 0 Å². The van der Waals surface area contributed by atoms with Crippen LogP contribution in [0.15, 0.2) is 24.3 Å². The van der Waals surface area contributed by atoms with Crippen LogP contribution in [0.5, 0.6) is 0 Å². The third-order valence-corrected chi connectivity index (χ3v) is 8.84. The number of hydrogen-bond donors (Lipinski definition) is 1. The minimum absolute atomic E-state index is 0.0427. The largest absolute Gasteiger partial charge is 0.378 e. The van der Waals surface area contributed by atoms with Gasteiger partial charge in [0, 0.05) is 50.6 Å².